The average Bonchev–Trinajstić information content (AvgIpc) is 3.57. The maximum Gasteiger partial charge on any atom is 0.278 e. The molecule has 1 aliphatic heterocycles. The number of imidazole rings is 1. The summed E-state index contributed by atoms with van der Waals surface area (Å²) < 4.78 is 14.4. The lowest BCUT2D eigenvalue weighted by Gasteiger charge is -2.12. The fraction of sp³-hybridized carbons (Fsp3) is 0.227. The zero-order valence-corrected chi connectivity index (χ0v) is 16.5. The summed E-state index contributed by atoms with van der Waals surface area (Å²) >= 11 is 0. The molecule has 4 aromatic heterocycles. The molecule has 0 aliphatic carbocycles. The number of rotatable bonds is 4. The topological polar surface area (TPSA) is 100 Å². The molecule has 0 bridgehead atoms. The largest absolute Gasteiger partial charge is 0.381 e. The summed E-state index contributed by atoms with van der Waals surface area (Å²) in [5, 5.41) is 4.11. The molecule has 0 spiro atoms. The number of nitrogens with zero attached hydrogens (tertiary/aromatic N) is 6. The number of ether oxygens (including phenoxy) is 1. The maximum atomic E-state index is 13.6. The summed E-state index contributed by atoms with van der Waals surface area (Å²) in [5.41, 5.74) is 3.03. The van der Waals surface area contributed by atoms with Crippen molar-refractivity contribution in [3.05, 3.63) is 76.9 Å². The van der Waals surface area contributed by atoms with Gasteiger partial charge in [0.25, 0.3) is 11.4 Å². The third-order valence-electron chi connectivity index (χ3n) is 5.63. The van der Waals surface area contributed by atoms with E-state index in [1.54, 1.807) is 21.5 Å². The second-order valence-corrected chi connectivity index (χ2v) is 7.53. The van der Waals surface area contributed by atoms with Crippen molar-refractivity contribution in [2.45, 2.75) is 18.9 Å². The Bertz CT molecular complexity index is 1450. The van der Waals surface area contributed by atoms with Gasteiger partial charge in [-0.3, -0.25) is 18.7 Å². The maximum absolute atomic E-state index is 13.6. The summed E-state index contributed by atoms with van der Waals surface area (Å²) in [7, 11) is 0. The number of hydrogen-bond acceptors (Lipinski definition) is 7. The van der Waals surface area contributed by atoms with E-state index in [1.807, 2.05) is 42.5 Å². The molecular formula is C22H18N6O3. The molecule has 154 valence electrons. The highest BCUT2D eigenvalue weighted by molar-refractivity contribution is 5.83. The third-order valence-corrected chi connectivity index (χ3v) is 5.63. The highest BCUT2D eigenvalue weighted by Crippen LogP contribution is 2.27. The van der Waals surface area contributed by atoms with Gasteiger partial charge in [-0.1, -0.05) is 23.4 Å². The van der Waals surface area contributed by atoms with Gasteiger partial charge < -0.3 is 9.26 Å². The van der Waals surface area contributed by atoms with Gasteiger partial charge in [0, 0.05) is 18.7 Å². The van der Waals surface area contributed by atoms with Crippen LogP contribution in [0, 0.1) is 0 Å². The number of benzene rings is 1. The Balaban J connectivity index is 1.56. The quantitative estimate of drug-likeness (QED) is 0.446. The smallest absolute Gasteiger partial charge is 0.278 e. The molecule has 9 nitrogen and oxygen atoms in total. The minimum atomic E-state index is -0.194. The first kappa shape index (κ1) is 18.0. The molecule has 1 aromatic carbocycles. The minimum Gasteiger partial charge on any atom is -0.381 e. The minimum absolute atomic E-state index is 0.105. The van der Waals surface area contributed by atoms with Gasteiger partial charge in [0.2, 0.25) is 0 Å². The molecule has 31 heavy (non-hydrogen) atoms. The predicted molar refractivity (Wildman–Crippen MR) is 112 cm³/mol. The lowest BCUT2D eigenvalue weighted by molar-refractivity contribution is 0.192. The molecule has 0 saturated carbocycles. The van der Waals surface area contributed by atoms with Gasteiger partial charge >= 0.3 is 0 Å². The van der Waals surface area contributed by atoms with Gasteiger partial charge in [-0.05, 0) is 30.7 Å². The molecule has 6 rings (SSSR count). The number of aromatic nitrogens is 6. The van der Waals surface area contributed by atoms with E-state index in [4.69, 9.17) is 9.26 Å². The second kappa shape index (κ2) is 7.13. The van der Waals surface area contributed by atoms with Crippen molar-refractivity contribution in [1.29, 1.82) is 0 Å². The lowest BCUT2D eigenvalue weighted by Crippen LogP contribution is -2.24. The summed E-state index contributed by atoms with van der Waals surface area (Å²) in [6.07, 6.45) is 4.20. The summed E-state index contributed by atoms with van der Waals surface area (Å²) in [6, 6.07) is 13.4. The van der Waals surface area contributed by atoms with Gasteiger partial charge in [0.1, 0.15) is 11.8 Å². The fourth-order valence-corrected chi connectivity index (χ4v) is 4.07. The highest BCUT2D eigenvalue weighted by atomic mass is 16.5. The van der Waals surface area contributed by atoms with E-state index in [2.05, 4.69) is 20.1 Å². The molecule has 0 radical (unpaired) electrons. The molecule has 1 fully saturated rings. The van der Waals surface area contributed by atoms with Crippen molar-refractivity contribution in [2.75, 3.05) is 13.2 Å². The van der Waals surface area contributed by atoms with E-state index in [-0.39, 0.29) is 17.4 Å². The van der Waals surface area contributed by atoms with E-state index in [0.717, 1.165) is 23.1 Å². The molecule has 1 aliphatic rings. The highest BCUT2D eigenvalue weighted by Gasteiger charge is 2.26. The Morgan fingerprint density at radius 2 is 1.94 bits per heavy atom. The van der Waals surface area contributed by atoms with Gasteiger partial charge in [-0.25, -0.2) is 4.98 Å². The first-order valence-electron chi connectivity index (χ1n) is 10.1. The zero-order valence-electron chi connectivity index (χ0n) is 16.5. The predicted octanol–water partition coefficient (Wildman–Crippen LogP) is 2.65. The van der Waals surface area contributed by atoms with Crippen LogP contribution < -0.4 is 5.56 Å². The standard InChI is InChI=1S/C22H18N6O3/c29-22-19-18(21-25-20(26-31-21)14-8-10-30-12-14)24-13-28(19)17-7-2-1-6-16(17)27(22)11-15-5-3-4-9-23-15/h1-7,9,13-14H,8,10-12H2. The summed E-state index contributed by atoms with van der Waals surface area (Å²) in [4.78, 5) is 27.0. The van der Waals surface area contributed by atoms with Crippen molar-refractivity contribution < 1.29 is 9.26 Å². The Labute approximate surface area is 175 Å². The number of fused-ring (bicyclic) bond motifs is 3. The van der Waals surface area contributed by atoms with Crippen LogP contribution in [0.1, 0.15) is 23.9 Å². The van der Waals surface area contributed by atoms with Crippen LogP contribution in [0.3, 0.4) is 0 Å². The van der Waals surface area contributed by atoms with Gasteiger partial charge in [0.15, 0.2) is 11.5 Å². The Morgan fingerprint density at radius 1 is 1.06 bits per heavy atom. The van der Waals surface area contributed by atoms with Crippen molar-refractivity contribution in [3.63, 3.8) is 0 Å². The van der Waals surface area contributed by atoms with Crippen LogP contribution in [-0.2, 0) is 11.3 Å². The molecule has 5 aromatic rings. The van der Waals surface area contributed by atoms with Crippen molar-refractivity contribution in [1.82, 2.24) is 29.1 Å². The van der Waals surface area contributed by atoms with Gasteiger partial charge in [-0.15, -0.1) is 0 Å². The summed E-state index contributed by atoms with van der Waals surface area (Å²) in [5.74, 6) is 0.928. The molecule has 0 N–H and O–H groups in total. The second-order valence-electron chi connectivity index (χ2n) is 7.53. The molecule has 5 heterocycles. The van der Waals surface area contributed by atoms with Crippen LogP contribution in [0.2, 0.25) is 0 Å². The van der Waals surface area contributed by atoms with Crippen LogP contribution in [-0.4, -0.2) is 42.3 Å². The monoisotopic (exact) mass is 414 g/mol. The van der Waals surface area contributed by atoms with Crippen molar-refractivity contribution in [2.24, 2.45) is 0 Å². The molecule has 0 amide bonds. The van der Waals surface area contributed by atoms with Gasteiger partial charge in [0.05, 0.1) is 29.9 Å². The third kappa shape index (κ3) is 2.93. The van der Waals surface area contributed by atoms with Crippen LogP contribution in [0.15, 0.2) is 64.3 Å². The Hall–Kier alpha value is -3.85. The van der Waals surface area contributed by atoms with Gasteiger partial charge in [-0.2, -0.15) is 4.98 Å². The van der Waals surface area contributed by atoms with Crippen molar-refractivity contribution >= 4 is 16.6 Å². The average molecular weight is 414 g/mol. The van der Waals surface area contributed by atoms with E-state index >= 15 is 0 Å². The molecule has 1 unspecified atom stereocenters. The van der Waals surface area contributed by atoms with Crippen molar-refractivity contribution in [3.8, 4) is 11.6 Å². The SMILES string of the molecule is O=c1c2c(-c3nc(C4CCOC4)no3)ncn2c2ccccc2n1Cc1ccccn1. The van der Waals surface area contributed by atoms with Crippen LogP contribution >= 0.6 is 0 Å². The van der Waals surface area contributed by atoms with Crippen LogP contribution in [0.5, 0.6) is 0 Å². The number of pyridine rings is 1. The zero-order chi connectivity index (χ0) is 20.8. The van der Waals surface area contributed by atoms with E-state index in [9.17, 15) is 4.79 Å². The number of para-hydroxylation sites is 2. The molecule has 9 heteroatoms. The molecule has 1 saturated heterocycles. The lowest BCUT2D eigenvalue weighted by atomic mass is 10.1. The Kier molecular flexibility index (Phi) is 4.13. The normalized spacial score (nSPS) is 16.5. The Morgan fingerprint density at radius 3 is 2.74 bits per heavy atom. The number of hydrogen-bond donors (Lipinski definition) is 0. The molecular weight excluding hydrogens is 396 g/mol. The summed E-state index contributed by atoms with van der Waals surface area (Å²) in [6.45, 7) is 1.60. The first-order valence-corrected chi connectivity index (χ1v) is 10.1. The van der Waals surface area contributed by atoms with Crippen LogP contribution in [0.25, 0.3) is 28.1 Å². The van der Waals surface area contributed by atoms with E-state index < -0.39 is 0 Å². The van der Waals surface area contributed by atoms with E-state index in [1.165, 1.54) is 0 Å². The fourth-order valence-electron chi connectivity index (χ4n) is 4.07. The molecule has 1 atom stereocenters. The van der Waals surface area contributed by atoms with Crippen LogP contribution in [0.4, 0.5) is 0 Å². The first-order chi connectivity index (χ1) is 15.3. The van der Waals surface area contributed by atoms with E-state index in [0.29, 0.717) is 36.8 Å².